The van der Waals surface area contributed by atoms with Gasteiger partial charge in [0.25, 0.3) is 5.91 Å². The van der Waals surface area contributed by atoms with Crippen LogP contribution in [0.15, 0.2) is 0 Å². The fourth-order valence-electron chi connectivity index (χ4n) is 3.54. The average Bonchev–Trinajstić information content (AvgIpc) is 2.61. The minimum Gasteiger partial charge on any atom is -0.378 e. The molecule has 5 nitrogen and oxygen atoms in total. The molecule has 0 aromatic carbocycles. The van der Waals surface area contributed by atoms with Gasteiger partial charge in [-0.3, -0.25) is 4.79 Å². The van der Waals surface area contributed by atoms with Gasteiger partial charge in [-0.05, 0) is 45.1 Å². The molecule has 1 saturated carbocycles. The first-order valence-electron chi connectivity index (χ1n) is 9.50. The topological polar surface area (TPSA) is 64.8 Å². The minimum absolute atomic E-state index is 0. The number of likely N-dealkylation sites (tertiary alicyclic amines) is 1. The monoisotopic (exact) mass is 362 g/mol. The molecule has 0 aromatic heterocycles. The molecule has 1 unspecified atom stereocenters. The lowest BCUT2D eigenvalue weighted by molar-refractivity contribution is -0.151. The van der Waals surface area contributed by atoms with Crippen LogP contribution in [0.1, 0.15) is 64.7 Å². The first-order chi connectivity index (χ1) is 11.2. The molecule has 2 N–H and O–H groups in total. The number of halogens is 1. The van der Waals surface area contributed by atoms with Crippen molar-refractivity contribution < 1.29 is 14.3 Å². The Bertz CT molecular complexity index is 343. The SMILES string of the molecule is CCC(OC1CCCCC1)C(=O)N1CCC(OCCCN)CC1.Cl. The van der Waals surface area contributed by atoms with Gasteiger partial charge in [0.2, 0.25) is 0 Å². The summed E-state index contributed by atoms with van der Waals surface area (Å²) in [6.07, 6.45) is 9.85. The zero-order valence-corrected chi connectivity index (χ0v) is 15.9. The third kappa shape index (κ3) is 6.87. The van der Waals surface area contributed by atoms with Crippen molar-refractivity contribution in [2.24, 2.45) is 5.73 Å². The molecule has 0 aromatic rings. The van der Waals surface area contributed by atoms with Gasteiger partial charge in [0.1, 0.15) is 6.10 Å². The maximum Gasteiger partial charge on any atom is 0.251 e. The molecule has 1 aliphatic carbocycles. The predicted octanol–water partition coefficient (Wildman–Crippen LogP) is 2.89. The van der Waals surface area contributed by atoms with Crippen LogP contribution in [0.4, 0.5) is 0 Å². The van der Waals surface area contributed by atoms with Crippen molar-refractivity contribution in [3.8, 4) is 0 Å². The van der Waals surface area contributed by atoms with E-state index >= 15 is 0 Å². The van der Waals surface area contributed by atoms with Gasteiger partial charge in [-0.25, -0.2) is 0 Å². The van der Waals surface area contributed by atoms with Gasteiger partial charge in [-0.2, -0.15) is 0 Å². The summed E-state index contributed by atoms with van der Waals surface area (Å²) in [6.45, 7) is 5.03. The van der Waals surface area contributed by atoms with E-state index in [4.69, 9.17) is 15.2 Å². The highest BCUT2D eigenvalue weighted by Crippen LogP contribution is 2.23. The average molecular weight is 363 g/mol. The molecule has 1 aliphatic heterocycles. The van der Waals surface area contributed by atoms with Crippen molar-refractivity contribution in [3.05, 3.63) is 0 Å². The van der Waals surface area contributed by atoms with Gasteiger partial charge in [-0.1, -0.05) is 26.2 Å². The summed E-state index contributed by atoms with van der Waals surface area (Å²) < 4.78 is 11.9. The molecule has 6 heteroatoms. The molecular weight excluding hydrogens is 328 g/mol. The van der Waals surface area contributed by atoms with E-state index in [1.807, 2.05) is 11.8 Å². The molecule has 2 fully saturated rings. The number of ether oxygens (including phenoxy) is 2. The number of hydrogen-bond donors (Lipinski definition) is 1. The molecular formula is C18H35ClN2O3. The van der Waals surface area contributed by atoms with Crippen LogP contribution in [0.5, 0.6) is 0 Å². The van der Waals surface area contributed by atoms with Crippen molar-refractivity contribution in [1.82, 2.24) is 4.90 Å². The predicted molar refractivity (Wildman–Crippen MR) is 98.5 cm³/mol. The Morgan fingerprint density at radius 1 is 1.12 bits per heavy atom. The third-order valence-corrected chi connectivity index (χ3v) is 5.01. The normalized spacial score (nSPS) is 21.3. The van der Waals surface area contributed by atoms with Gasteiger partial charge in [-0.15, -0.1) is 12.4 Å². The van der Waals surface area contributed by atoms with E-state index < -0.39 is 0 Å². The fourth-order valence-corrected chi connectivity index (χ4v) is 3.54. The molecule has 24 heavy (non-hydrogen) atoms. The quantitative estimate of drug-likeness (QED) is 0.674. The van der Waals surface area contributed by atoms with Crippen molar-refractivity contribution in [2.75, 3.05) is 26.2 Å². The number of carbonyl (C=O) groups excluding carboxylic acids is 1. The van der Waals surface area contributed by atoms with Crippen LogP contribution in [-0.2, 0) is 14.3 Å². The number of nitrogens with zero attached hydrogens (tertiary/aromatic N) is 1. The van der Waals surface area contributed by atoms with Gasteiger partial charge < -0.3 is 20.1 Å². The Labute approximate surface area is 153 Å². The Balaban J connectivity index is 0.00000288. The molecule has 0 radical (unpaired) electrons. The van der Waals surface area contributed by atoms with Crippen LogP contribution in [0.3, 0.4) is 0 Å². The minimum atomic E-state index is -0.257. The van der Waals surface area contributed by atoms with Crippen molar-refractivity contribution in [1.29, 1.82) is 0 Å². The van der Waals surface area contributed by atoms with Crippen LogP contribution in [0.2, 0.25) is 0 Å². The number of amides is 1. The molecule has 1 amide bonds. The van der Waals surface area contributed by atoms with Gasteiger partial charge >= 0.3 is 0 Å². The number of nitrogens with two attached hydrogens (primary N) is 1. The summed E-state index contributed by atoms with van der Waals surface area (Å²) in [6, 6.07) is 0. The second kappa shape index (κ2) is 12.1. The molecule has 2 aliphatic rings. The third-order valence-electron chi connectivity index (χ3n) is 5.01. The zero-order chi connectivity index (χ0) is 16.5. The van der Waals surface area contributed by atoms with Gasteiger partial charge in [0.05, 0.1) is 12.2 Å². The Morgan fingerprint density at radius 2 is 1.79 bits per heavy atom. The molecule has 0 spiro atoms. The van der Waals surface area contributed by atoms with Gasteiger partial charge in [0.15, 0.2) is 0 Å². The van der Waals surface area contributed by atoms with E-state index in [0.717, 1.165) is 58.2 Å². The number of rotatable bonds is 8. The summed E-state index contributed by atoms with van der Waals surface area (Å²) in [4.78, 5) is 14.7. The summed E-state index contributed by atoms with van der Waals surface area (Å²) in [5, 5.41) is 0. The summed E-state index contributed by atoms with van der Waals surface area (Å²) in [5.41, 5.74) is 5.48. The summed E-state index contributed by atoms with van der Waals surface area (Å²) in [7, 11) is 0. The largest absolute Gasteiger partial charge is 0.378 e. The fraction of sp³-hybridized carbons (Fsp3) is 0.944. The zero-order valence-electron chi connectivity index (χ0n) is 15.1. The van der Waals surface area contributed by atoms with Crippen molar-refractivity contribution in [3.63, 3.8) is 0 Å². The summed E-state index contributed by atoms with van der Waals surface area (Å²) >= 11 is 0. The van der Waals surface area contributed by atoms with Crippen molar-refractivity contribution >= 4 is 18.3 Å². The molecule has 0 bridgehead atoms. The van der Waals surface area contributed by atoms with E-state index in [1.165, 1.54) is 19.3 Å². The first-order valence-corrected chi connectivity index (χ1v) is 9.50. The Hall–Kier alpha value is -0.360. The van der Waals surface area contributed by atoms with Gasteiger partial charge in [0, 0.05) is 19.7 Å². The smallest absolute Gasteiger partial charge is 0.251 e. The molecule has 1 saturated heterocycles. The Morgan fingerprint density at radius 3 is 2.38 bits per heavy atom. The van der Waals surface area contributed by atoms with E-state index in [9.17, 15) is 4.79 Å². The lowest BCUT2D eigenvalue weighted by Crippen LogP contribution is -2.47. The lowest BCUT2D eigenvalue weighted by atomic mass is 9.97. The highest BCUT2D eigenvalue weighted by Gasteiger charge is 2.30. The van der Waals surface area contributed by atoms with Crippen molar-refractivity contribution in [2.45, 2.75) is 83.0 Å². The molecule has 1 heterocycles. The maximum absolute atomic E-state index is 12.7. The second-order valence-electron chi connectivity index (χ2n) is 6.83. The standard InChI is InChI=1S/C18H34N2O3.ClH/c1-2-17(23-16-7-4-3-5-8-16)18(21)20-12-9-15(10-13-20)22-14-6-11-19;/h15-17H,2-14,19H2,1H3;1H. The highest BCUT2D eigenvalue weighted by molar-refractivity contribution is 5.85. The van der Waals surface area contributed by atoms with E-state index in [0.29, 0.717) is 6.54 Å². The van der Waals surface area contributed by atoms with E-state index in [1.54, 1.807) is 0 Å². The maximum atomic E-state index is 12.7. The molecule has 142 valence electrons. The lowest BCUT2D eigenvalue weighted by Gasteiger charge is -2.35. The van der Waals surface area contributed by atoms with E-state index in [2.05, 4.69) is 0 Å². The summed E-state index contributed by atoms with van der Waals surface area (Å²) in [5.74, 6) is 0.179. The highest BCUT2D eigenvalue weighted by atomic mass is 35.5. The first kappa shape index (κ1) is 21.7. The Kier molecular flexibility index (Phi) is 10.9. The van der Waals surface area contributed by atoms with Crippen LogP contribution in [0, 0.1) is 0 Å². The second-order valence-corrected chi connectivity index (χ2v) is 6.83. The van der Waals surface area contributed by atoms with Crippen LogP contribution < -0.4 is 5.73 Å². The molecule has 1 atom stereocenters. The van der Waals surface area contributed by atoms with Crippen LogP contribution in [-0.4, -0.2) is 55.4 Å². The number of hydrogen-bond acceptors (Lipinski definition) is 4. The molecule has 2 rings (SSSR count). The van der Waals surface area contributed by atoms with E-state index in [-0.39, 0.29) is 36.6 Å². The number of piperidine rings is 1. The van der Waals surface area contributed by atoms with Crippen LogP contribution >= 0.6 is 12.4 Å². The van der Waals surface area contributed by atoms with Crippen LogP contribution in [0.25, 0.3) is 0 Å². The number of carbonyl (C=O) groups is 1.